The molecule has 2 aromatic rings. The number of nitrogens with zero attached hydrogens (tertiary/aromatic N) is 2. The minimum absolute atomic E-state index is 0.0490. The lowest BCUT2D eigenvalue weighted by Gasteiger charge is -2.31. The van der Waals surface area contributed by atoms with Gasteiger partial charge in [0, 0.05) is 18.1 Å². The summed E-state index contributed by atoms with van der Waals surface area (Å²) in [5, 5.41) is 0.660. The van der Waals surface area contributed by atoms with E-state index in [0.29, 0.717) is 35.5 Å². The first-order valence-electron chi connectivity index (χ1n) is 9.14. The van der Waals surface area contributed by atoms with Gasteiger partial charge in [0.1, 0.15) is 5.00 Å². The molecule has 1 aliphatic rings. The van der Waals surface area contributed by atoms with Crippen molar-refractivity contribution in [1.29, 1.82) is 0 Å². The van der Waals surface area contributed by atoms with Crippen LogP contribution in [0, 0.1) is 5.92 Å². The van der Waals surface area contributed by atoms with E-state index in [0.717, 1.165) is 24.2 Å². The van der Waals surface area contributed by atoms with E-state index in [2.05, 4.69) is 11.9 Å². The average molecular weight is 463 g/mol. The number of hydrogen-bond donors (Lipinski definition) is 0. The summed E-state index contributed by atoms with van der Waals surface area (Å²) in [5.74, 6) is 0.342. The summed E-state index contributed by atoms with van der Waals surface area (Å²) in [6.45, 7) is 5.24. The highest BCUT2D eigenvalue weighted by Crippen LogP contribution is 2.39. The fraction of sp³-hybridized carbons (Fsp3) is 0.500. The van der Waals surface area contributed by atoms with Gasteiger partial charge in [-0.1, -0.05) is 36.8 Å². The monoisotopic (exact) mass is 462 g/mol. The molecule has 1 aromatic heterocycles. The van der Waals surface area contributed by atoms with Crippen LogP contribution in [0.5, 0.6) is 0 Å². The normalized spacial score (nSPS) is 18.4. The zero-order valence-corrected chi connectivity index (χ0v) is 19.0. The molecule has 10 heteroatoms. The lowest BCUT2D eigenvalue weighted by Crippen LogP contribution is -2.34. The summed E-state index contributed by atoms with van der Waals surface area (Å²) < 4.78 is 51.5. The molecule has 0 N–H and O–H groups in total. The van der Waals surface area contributed by atoms with Crippen molar-refractivity contribution in [1.82, 2.24) is 4.98 Å². The van der Waals surface area contributed by atoms with E-state index in [9.17, 15) is 16.8 Å². The summed E-state index contributed by atoms with van der Waals surface area (Å²) in [6.07, 6.45) is 2.43. The fourth-order valence-corrected chi connectivity index (χ4v) is 7.89. The highest BCUT2D eigenvalue weighted by Gasteiger charge is 2.33. The molecule has 6 nitrogen and oxygen atoms in total. The topological polar surface area (TPSA) is 84.4 Å². The van der Waals surface area contributed by atoms with Crippen LogP contribution in [-0.2, 0) is 19.7 Å². The van der Waals surface area contributed by atoms with Crippen molar-refractivity contribution in [2.75, 3.05) is 23.7 Å². The molecule has 1 atom stereocenters. The second-order valence-corrected chi connectivity index (χ2v) is 12.6. The number of thiazole rings is 1. The minimum Gasteiger partial charge on any atom is -0.361 e. The second kappa shape index (κ2) is 8.30. The highest BCUT2D eigenvalue weighted by molar-refractivity contribution is 7.94. The van der Waals surface area contributed by atoms with Gasteiger partial charge in [-0.05, 0) is 49.4 Å². The molecule has 1 unspecified atom stereocenters. The minimum atomic E-state index is -3.97. The maximum atomic E-state index is 13.3. The molecule has 0 aliphatic carbocycles. The fourth-order valence-electron chi connectivity index (χ4n) is 3.24. The van der Waals surface area contributed by atoms with Gasteiger partial charge in [-0.3, -0.25) is 0 Å². The van der Waals surface area contributed by atoms with Gasteiger partial charge < -0.3 is 4.90 Å². The maximum Gasteiger partial charge on any atom is 0.226 e. The van der Waals surface area contributed by atoms with Crippen LogP contribution in [0.2, 0.25) is 5.02 Å². The van der Waals surface area contributed by atoms with Gasteiger partial charge in [-0.15, -0.1) is 0 Å². The molecule has 154 valence electrons. The lowest BCUT2D eigenvalue weighted by atomic mass is 10.0. The predicted octanol–water partition coefficient (Wildman–Crippen LogP) is 4.05. The van der Waals surface area contributed by atoms with Gasteiger partial charge in [0.25, 0.3) is 0 Å². The smallest absolute Gasteiger partial charge is 0.226 e. The molecule has 1 aromatic carbocycles. The number of sulfone groups is 2. The van der Waals surface area contributed by atoms with E-state index in [1.54, 1.807) is 6.92 Å². The molecule has 2 heterocycles. The SMILES string of the molecule is CCCS(=O)(=O)c1nc(S(=O)(=O)c2ccc(Cl)cc2)c(N2CCCC(C)C2)s1. The van der Waals surface area contributed by atoms with Crippen LogP contribution >= 0.6 is 22.9 Å². The quantitative estimate of drug-likeness (QED) is 0.643. The third-order valence-corrected chi connectivity index (χ3v) is 10.2. The van der Waals surface area contributed by atoms with Gasteiger partial charge in [-0.2, -0.15) is 0 Å². The van der Waals surface area contributed by atoms with Crippen molar-refractivity contribution in [2.24, 2.45) is 5.92 Å². The molecule has 0 radical (unpaired) electrons. The van der Waals surface area contributed by atoms with E-state index in [-0.39, 0.29) is 20.0 Å². The molecule has 1 saturated heterocycles. The van der Waals surface area contributed by atoms with Crippen molar-refractivity contribution < 1.29 is 16.8 Å². The average Bonchev–Trinajstić information content (AvgIpc) is 3.09. The van der Waals surface area contributed by atoms with E-state index < -0.39 is 19.7 Å². The zero-order chi connectivity index (χ0) is 20.5. The van der Waals surface area contributed by atoms with Crippen LogP contribution in [0.15, 0.2) is 38.5 Å². The van der Waals surface area contributed by atoms with Gasteiger partial charge in [0.2, 0.25) is 24.0 Å². The summed E-state index contributed by atoms with van der Waals surface area (Å²) in [4.78, 5) is 6.15. The van der Waals surface area contributed by atoms with E-state index in [4.69, 9.17) is 11.6 Å². The molecule has 0 bridgehead atoms. The molecule has 28 heavy (non-hydrogen) atoms. The van der Waals surface area contributed by atoms with Gasteiger partial charge in [-0.25, -0.2) is 21.8 Å². The second-order valence-electron chi connectivity index (χ2n) is 7.06. The highest BCUT2D eigenvalue weighted by atomic mass is 35.5. The largest absolute Gasteiger partial charge is 0.361 e. The first kappa shape index (κ1) is 21.5. The Hall–Kier alpha value is -1.16. The number of halogens is 1. The molecule has 0 saturated carbocycles. The van der Waals surface area contributed by atoms with Crippen molar-refractivity contribution in [3.63, 3.8) is 0 Å². The Bertz CT molecular complexity index is 1050. The van der Waals surface area contributed by atoms with E-state index in [1.807, 2.05) is 4.90 Å². The first-order valence-corrected chi connectivity index (χ1v) is 13.5. The van der Waals surface area contributed by atoms with Crippen LogP contribution in [0.3, 0.4) is 0 Å². The summed E-state index contributed by atoms with van der Waals surface area (Å²) >= 11 is 6.84. The number of aromatic nitrogens is 1. The van der Waals surface area contributed by atoms with E-state index in [1.165, 1.54) is 24.3 Å². The zero-order valence-electron chi connectivity index (χ0n) is 15.8. The Morgan fingerprint density at radius 1 is 1.21 bits per heavy atom. The molecule has 0 spiro atoms. The van der Waals surface area contributed by atoms with E-state index >= 15 is 0 Å². The molecular formula is C18H23ClN2O4S3. The van der Waals surface area contributed by atoms with Crippen LogP contribution in [0.25, 0.3) is 0 Å². The number of piperidine rings is 1. The molecule has 0 amide bonds. The van der Waals surface area contributed by atoms with Gasteiger partial charge in [0.15, 0.2) is 5.03 Å². The van der Waals surface area contributed by atoms with Crippen molar-refractivity contribution >= 4 is 47.6 Å². The Labute approximate surface area is 175 Å². The Kier molecular flexibility index (Phi) is 6.38. The lowest BCUT2D eigenvalue weighted by molar-refractivity contribution is 0.446. The van der Waals surface area contributed by atoms with Gasteiger partial charge in [0.05, 0.1) is 10.6 Å². The molecular weight excluding hydrogens is 440 g/mol. The number of rotatable bonds is 6. The standard InChI is InChI=1S/C18H23ClN2O4S3/c1-3-11-27(22,23)18-20-16(17(26-18)21-10-4-5-13(2)12-21)28(24,25)15-8-6-14(19)7-9-15/h6-9,13H,3-5,10-12H2,1-2H3. The third-order valence-electron chi connectivity index (χ3n) is 4.62. The third kappa shape index (κ3) is 4.37. The predicted molar refractivity (Wildman–Crippen MR) is 112 cm³/mol. The summed E-state index contributed by atoms with van der Waals surface area (Å²) in [5.41, 5.74) is 0. The molecule has 1 fully saturated rings. The number of anilines is 1. The Balaban J connectivity index is 2.15. The van der Waals surface area contributed by atoms with Crippen LogP contribution in [0.4, 0.5) is 5.00 Å². The van der Waals surface area contributed by atoms with Crippen LogP contribution in [0.1, 0.15) is 33.1 Å². The van der Waals surface area contributed by atoms with Crippen LogP contribution < -0.4 is 4.90 Å². The van der Waals surface area contributed by atoms with Crippen molar-refractivity contribution in [3.8, 4) is 0 Å². The number of hydrogen-bond acceptors (Lipinski definition) is 7. The summed E-state index contributed by atoms with van der Waals surface area (Å²) in [7, 11) is -7.59. The summed E-state index contributed by atoms with van der Waals surface area (Å²) in [6, 6.07) is 5.83. The van der Waals surface area contributed by atoms with Gasteiger partial charge >= 0.3 is 0 Å². The molecule has 1 aliphatic heterocycles. The molecule has 3 rings (SSSR count). The van der Waals surface area contributed by atoms with Crippen molar-refractivity contribution in [2.45, 2.75) is 47.4 Å². The Morgan fingerprint density at radius 2 is 1.89 bits per heavy atom. The van der Waals surface area contributed by atoms with Crippen molar-refractivity contribution in [3.05, 3.63) is 29.3 Å². The number of benzene rings is 1. The first-order chi connectivity index (χ1) is 13.1. The van der Waals surface area contributed by atoms with Crippen LogP contribution in [-0.4, -0.2) is 40.7 Å². The maximum absolute atomic E-state index is 13.3. The Morgan fingerprint density at radius 3 is 2.50 bits per heavy atom.